The minimum atomic E-state index is -0.259. The fourth-order valence-corrected chi connectivity index (χ4v) is 3.14. The van der Waals surface area contributed by atoms with Gasteiger partial charge in [0, 0.05) is 23.3 Å². The van der Waals surface area contributed by atoms with Crippen molar-refractivity contribution < 1.29 is 4.79 Å². The summed E-state index contributed by atoms with van der Waals surface area (Å²) in [4.78, 5) is 21.2. The van der Waals surface area contributed by atoms with Crippen molar-refractivity contribution in [1.29, 1.82) is 0 Å². The highest BCUT2D eigenvalue weighted by atomic mass is 32.1. The molecular weight excluding hydrogens is 320 g/mol. The van der Waals surface area contributed by atoms with E-state index in [1.807, 2.05) is 65.4 Å². The van der Waals surface area contributed by atoms with Crippen LogP contribution in [-0.4, -0.2) is 20.3 Å². The summed E-state index contributed by atoms with van der Waals surface area (Å²) in [5, 5.41) is 5.31. The molecule has 0 aliphatic rings. The lowest BCUT2D eigenvalue weighted by Crippen LogP contribution is -2.12. The number of aryl methyl sites for hydroxylation is 1. The number of anilines is 1. The number of nitrogens with zero attached hydrogens (tertiary/aromatic N) is 3. The molecule has 0 aliphatic heterocycles. The number of fused-ring (bicyclic) bond motifs is 1. The third kappa shape index (κ3) is 2.79. The number of thiazole rings is 1. The van der Waals surface area contributed by atoms with E-state index in [0.29, 0.717) is 10.8 Å². The molecule has 0 bridgehead atoms. The highest BCUT2D eigenvalue weighted by Crippen LogP contribution is 2.24. The molecule has 6 heteroatoms. The van der Waals surface area contributed by atoms with Crippen LogP contribution in [0.4, 0.5) is 5.13 Å². The maximum absolute atomic E-state index is 12.4. The zero-order valence-electron chi connectivity index (χ0n) is 12.9. The van der Waals surface area contributed by atoms with Gasteiger partial charge in [0.05, 0.1) is 5.69 Å². The average molecular weight is 334 g/mol. The number of benzene rings is 1. The van der Waals surface area contributed by atoms with Gasteiger partial charge in [0.15, 0.2) is 5.13 Å². The van der Waals surface area contributed by atoms with Crippen LogP contribution in [0.1, 0.15) is 16.1 Å². The number of imidazole rings is 1. The summed E-state index contributed by atoms with van der Waals surface area (Å²) in [7, 11) is 0. The van der Waals surface area contributed by atoms with E-state index in [1.54, 1.807) is 6.20 Å². The summed E-state index contributed by atoms with van der Waals surface area (Å²) in [6.07, 6.45) is 3.61. The first-order valence-electron chi connectivity index (χ1n) is 7.47. The second-order valence-corrected chi connectivity index (χ2v) is 6.31. The second-order valence-electron chi connectivity index (χ2n) is 5.45. The van der Waals surface area contributed by atoms with E-state index in [4.69, 9.17) is 0 Å². The lowest BCUT2D eigenvalue weighted by Gasteiger charge is -1.97. The molecule has 3 heterocycles. The van der Waals surface area contributed by atoms with Crippen LogP contribution >= 0.6 is 11.3 Å². The zero-order chi connectivity index (χ0) is 16.5. The Kier molecular flexibility index (Phi) is 3.59. The van der Waals surface area contributed by atoms with E-state index in [2.05, 4.69) is 15.3 Å². The van der Waals surface area contributed by atoms with E-state index < -0.39 is 0 Å². The van der Waals surface area contributed by atoms with Crippen LogP contribution in [0.3, 0.4) is 0 Å². The Balaban J connectivity index is 1.56. The van der Waals surface area contributed by atoms with Crippen LogP contribution < -0.4 is 5.32 Å². The van der Waals surface area contributed by atoms with E-state index >= 15 is 0 Å². The second kappa shape index (κ2) is 5.90. The smallest absolute Gasteiger partial charge is 0.277 e. The molecule has 3 aromatic heterocycles. The third-order valence-corrected chi connectivity index (χ3v) is 4.40. The lowest BCUT2D eigenvalue weighted by molar-refractivity contribution is 0.102. The van der Waals surface area contributed by atoms with Gasteiger partial charge in [-0.15, -0.1) is 11.3 Å². The largest absolute Gasteiger partial charge is 0.306 e. The van der Waals surface area contributed by atoms with Gasteiger partial charge in [-0.3, -0.25) is 10.1 Å². The van der Waals surface area contributed by atoms with Gasteiger partial charge in [-0.1, -0.05) is 30.3 Å². The quantitative estimate of drug-likeness (QED) is 0.615. The predicted octanol–water partition coefficient (Wildman–Crippen LogP) is 4.02. The number of rotatable bonds is 3. The summed E-state index contributed by atoms with van der Waals surface area (Å²) >= 11 is 1.40. The van der Waals surface area contributed by atoms with Gasteiger partial charge in [-0.2, -0.15) is 0 Å². The maximum Gasteiger partial charge on any atom is 0.277 e. The van der Waals surface area contributed by atoms with E-state index in [9.17, 15) is 4.79 Å². The lowest BCUT2D eigenvalue weighted by atomic mass is 10.2. The monoisotopic (exact) mass is 334 g/mol. The normalized spacial score (nSPS) is 10.9. The van der Waals surface area contributed by atoms with Crippen LogP contribution in [0.5, 0.6) is 0 Å². The number of hydrogen-bond acceptors (Lipinski definition) is 4. The summed E-state index contributed by atoms with van der Waals surface area (Å²) in [6.45, 7) is 2.00. The van der Waals surface area contributed by atoms with Crippen LogP contribution in [-0.2, 0) is 0 Å². The summed E-state index contributed by atoms with van der Waals surface area (Å²) in [5.74, 6) is -0.259. The zero-order valence-corrected chi connectivity index (χ0v) is 13.7. The van der Waals surface area contributed by atoms with E-state index in [1.165, 1.54) is 11.3 Å². The fraction of sp³-hybridized carbons (Fsp3) is 0.0556. The van der Waals surface area contributed by atoms with Crippen LogP contribution in [0, 0.1) is 6.92 Å². The Hall–Kier alpha value is -2.99. The Morgan fingerprint density at radius 1 is 1.17 bits per heavy atom. The standard InChI is InChI=1S/C18H14N4OS/c1-12-7-8-22-10-14(19-16(22)9-12)17(23)21-18-20-15(11-24-18)13-5-3-2-4-6-13/h2-11H,1H3,(H,20,21,23). The number of amides is 1. The molecule has 5 nitrogen and oxygen atoms in total. The highest BCUT2D eigenvalue weighted by Gasteiger charge is 2.13. The van der Waals surface area contributed by atoms with Crippen LogP contribution in [0.15, 0.2) is 60.2 Å². The topological polar surface area (TPSA) is 59.3 Å². The Bertz CT molecular complexity index is 1020. The van der Waals surface area contributed by atoms with Crippen molar-refractivity contribution in [3.8, 4) is 11.3 Å². The molecule has 0 saturated carbocycles. The van der Waals surface area contributed by atoms with Crippen LogP contribution in [0.25, 0.3) is 16.9 Å². The molecule has 4 rings (SSSR count). The van der Waals surface area contributed by atoms with Gasteiger partial charge in [-0.05, 0) is 24.6 Å². The van der Waals surface area contributed by atoms with E-state index in [-0.39, 0.29) is 5.91 Å². The first kappa shape index (κ1) is 14.6. The number of nitrogens with one attached hydrogen (secondary N) is 1. The number of aromatic nitrogens is 3. The van der Waals surface area contributed by atoms with Gasteiger partial charge in [0.25, 0.3) is 5.91 Å². The summed E-state index contributed by atoms with van der Waals surface area (Å²) in [5.41, 5.74) is 4.10. The van der Waals surface area contributed by atoms with Crippen molar-refractivity contribution in [3.05, 3.63) is 71.5 Å². The molecule has 0 spiro atoms. The van der Waals surface area contributed by atoms with Crippen molar-refractivity contribution in [2.24, 2.45) is 0 Å². The Morgan fingerprint density at radius 3 is 2.83 bits per heavy atom. The number of carbonyl (C=O) groups is 1. The minimum Gasteiger partial charge on any atom is -0.306 e. The van der Waals surface area contributed by atoms with E-state index in [0.717, 1.165) is 22.5 Å². The molecule has 0 saturated heterocycles. The molecule has 24 heavy (non-hydrogen) atoms. The van der Waals surface area contributed by atoms with Gasteiger partial charge < -0.3 is 4.40 Å². The Morgan fingerprint density at radius 2 is 2.00 bits per heavy atom. The third-order valence-electron chi connectivity index (χ3n) is 3.64. The van der Waals surface area contributed by atoms with Crippen LogP contribution in [0.2, 0.25) is 0 Å². The average Bonchev–Trinajstić information content (AvgIpc) is 3.22. The molecule has 0 aliphatic carbocycles. The molecule has 1 aromatic carbocycles. The number of hydrogen-bond donors (Lipinski definition) is 1. The molecule has 0 unspecified atom stereocenters. The molecule has 0 fully saturated rings. The SMILES string of the molecule is Cc1ccn2cc(C(=O)Nc3nc(-c4ccccc4)cs3)nc2c1. The molecular formula is C18H14N4OS. The van der Waals surface area contributed by atoms with Crippen molar-refractivity contribution in [3.63, 3.8) is 0 Å². The van der Waals surface area contributed by atoms with Gasteiger partial charge in [0.1, 0.15) is 11.3 Å². The molecule has 118 valence electrons. The summed E-state index contributed by atoms with van der Waals surface area (Å²) < 4.78 is 1.83. The van der Waals surface area contributed by atoms with Crippen molar-refractivity contribution in [1.82, 2.24) is 14.4 Å². The molecule has 0 atom stereocenters. The molecule has 4 aromatic rings. The van der Waals surface area contributed by atoms with Crippen molar-refractivity contribution >= 4 is 28.0 Å². The first-order chi connectivity index (χ1) is 11.7. The number of carbonyl (C=O) groups excluding carboxylic acids is 1. The van der Waals surface area contributed by atoms with Gasteiger partial charge in [-0.25, -0.2) is 9.97 Å². The summed E-state index contributed by atoms with van der Waals surface area (Å²) in [6, 6.07) is 13.8. The minimum absolute atomic E-state index is 0.259. The van der Waals surface area contributed by atoms with Gasteiger partial charge >= 0.3 is 0 Å². The molecule has 1 amide bonds. The van der Waals surface area contributed by atoms with Gasteiger partial charge in [0.2, 0.25) is 0 Å². The first-order valence-corrected chi connectivity index (χ1v) is 8.35. The van der Waals surface area contributed by atoms with Crippen molar-refractivity contribution in [2.75, 3.05) is 5.32 Å². The molecule has 1 N–H and O–H groups in total. The fourth-order valence-electron chi connectivity index (χ4n) is 2.43. The number of pyridine rings is 1. The predicted molar refractivity (Wildman–Crippen MR) is 95.4 cm³/mol. The van der Waals surface area contributed by atoms with Crippen molar-refractivity contribution in [2.45, 2.75) is 6.92 Å². The Labute approximate surface area is 142 Å². The highest BCUT2D eigenvalue weighted by molar-refractivity contribution is 7.14. The maximum atomic E-state index is 12.4. The molecule has 0 radical (unpaired) electrons.